The first-order chi connectivity index (χ1) is 13.6. The van der Waals surface area contributed by atoms with Crippen molar-refractivity contribution < 1.29 is 44.3 Å². The van der Waals surface area contributed by atoms with E-state index >= 15 is 0 Å². The number of carboxylic acids is 1. The Morgan fingerprint density at radius 1 is 1.00 bits per heavy atom. The highest BCUT2D eigenvalue weighted by atomic mass is 16.7. The number of ketones is 2. The molecule has 2 atom stereocenters. The Morgan fingerprint density at radius 3 is 2.38 bits per heavy atom. The van der Waals surface area contributed by atoms with Gasteiger partial charge in [-0.3, -0.25) is 9.59 Å². The van der Waals surface area contributed by atoms with Crippen molar-refractivity contribution in [3.63, 3.8) is 0 Å². The summed E-state index contributed by atoms with van der Waals surface area (Å²) in [5.74, 6) is -6.06. The third-order valence-corrected chi connectivity index (χ3v) is 5.71. The number of carboxylic acid groups (broad SMARTS) is 1. The Balaban J connectivity index is 1.84. The predicted octanol–water partition coefficient (Wildman–Crippen LogP) is 1.78. The van der Waals surface area contributed by atoms with Crippen molar-refractivity contribution in [3.05, 3.63) is 46.0 Å². The zero-order valence-electron chi connectivity index (χ0n) is 15.0. The molecule has 0 amide bonds. The zero-order chi connectivity index (χ0) is 20.9. The van der Waals surface area contributed by atoms with Crippen molar-refractivity contribution in [3.8, 4) is 23.0 Å². The molecule has 2 aromatic rings. The lowest BCUT2D eigenvalue weighted by Crippen LogP contribution is -2.46. The van der Waals surface area contributed by atoms with Crippen LogP contribution in [-0.4, -0.2) is 43.7 Å². The molecule has 9 nitrogen and oxygen atoms in total. The molecule has 4 N–H and O–H groups in total. The molecular weight excluding hydrogens is 384 g/mol. The molecule has 2 bridgehead atoms. The fraction of sp³-hybridized carbons (Fsp3) is 0.250. The highest BCUT2D eigenvalue weighted by Gasteiger charge is 2.61. The molecule has 0 unspecified atom stereocenters. The van der Waals surface area contributed by atoms with Crippen LogP contribution in [0.4, 0.5) is 0 Å². The number of carbonyl (C=O) groups excluding carboxylic acids is 2. The number of aliphatic carboxylic acids is 1. The van der Waals surface area contributed by atoms with Gasteiger partial charge in [-0.15, -0.1) is 0 Å². The lowest BCUT2D eigenvalue weighted by Gasteiger charge is -2.38. The van der Waals surface area contributed by atoms with Gasteiger partial charge < -0.3 is 29.9 Å². The van der Waals surface area contributed by atoms with Crippen LogP contribution in [0.2, 0.25) is 0 Å². The number of fused-ring (bicyclic) bond motifs is 6. The van der Waals surface area contributed by atoms with Gasteiger partial charge in [-0.25, -0.2) is 4.79 Å². The number of phenolic OH excluding ortho intramolecular Hbond substituents is 3. The molecule has 1 aliphatic carbocycles. The lowest BCUT2D eigenvalue weighted by atomic mass is 9.79. The zero-order valence-corrected chi connectivity index (χ0v) is 15.0. The summed E-state index contributed by atoms with van der Waals surface area (Å²) in [5.41, 5.74) is -3.43. The highest BCUT2D eigenvalue weighted by molar-refractivity contribution is 6.30. The number of hydrogen-bond donors (Lipinski definition) is 4. The molecule has 0 radical (unpaired) electrons. The third kappa shape index (κ3) is 1.99. The van der Waals surface area contributed by atoms with Crippen molar-refractivity contribution in [2.24, 2.45) is 0 Å². The van der Waals surface area contributed by atoms with E-state index in [4.69, 9.17) is 9.47 Å². The third-order valence-electron chi connectivity index (χ3n) is 5.71. The second kappa shape index (κ2) is 5.06. The van der Waals surface area contributed by atoms with Gasteiger partial charge in [0.05, 0.1) is 16.7 Å². The fourth-order valence-corrected chi connectivity index (χ4v) is 4.44. The van der Waals surface area contributed by atoms with E-state index in [1.165, 1.54) is 6.07 Å². The summed E-state index contributed by atoms with van der Waals surface area (Å²) in [5, 5.41) is 40.6. The van der Waals surface area contributed by atoms with Gasteiger partial charge in [0.1, 0.15) is 23.0 Å². The maximum atomic E-state index is 13.1. The minimum Gasteiger partial charge on any atom is -0.508 e. The van der Waals surface area contributed by atoms with Gasteiger partial charge in [-0.05, 0) is 18.6 Å². The van der Waals surface area contributed by atoms with E-state index in [1.54, 1.807) is 6.92 Å². The van der Waals surface area contributed by atoms with Crippen LogP contribution in [0.3, 0.4) is 0 Å². The average molecular weight is 398 g/mol. The first kappa shape index (κ1) is 17.5. The summed E-state index contributed by atoms with van der Waals surface area (Å²) in [6.07, 6.45) is 0.213. The molecule has 0 aromatic heterocycles. The monoisotopic (exact) mass is 398 g/mol. The fourth-order valence-electron chi connectivity index (χ4n) is 4.44. The Bertz CT molecular complexity index is 1180. The van der Waals surface area contributed by atoms with Crippen LogP contribution in [0.1, 0.15) is 57.2 Å². The largest absolute Gasteiger partial charge is 0.508 e. The van der Waals surface area contributed by atoms with E-state index < -0.39 is 51.7 Å². The number of phenols is 3. The van der Waals surface area contributed by atoms with Crippen LogP contribution >= 0.6 is 0 Å². The smallest absolute Gasteiger partial charge is 0.341 e. The molecule has 1 saturated heterocycles. The normalized spacial score (nSPS) is 26.4. The maximum absolute atomic E-state index is 13.1. The van der Waals surface area contributed by atoms with E-state index in [-0.39, 0.29) is 40.8 Å². The van der Waals surface area contributed by atoms with Crippen molar-refractivity contribution in [2.45, 2.75) is 31.2 Å². The number of ether oxygens (including phenoxy) is 2. The van der Waals surface area contributed by atoms with Gasteiger partial charge in [0.15, 0.2) is 5.78 Å². The molecular formula is C20H14O9. The van der Waals surface area contributed by atoms with Crippen molar-refractivity contribution in [2.75, 3.05) is 0 Å². The van der Waals surface area contributed by atoms with Crippen LogP contribution in [0.5, 0.6) is 23.0 Å². The summed E-state index contributed by atoms with van der Waals surface area (Å²) in [6, 6.07) is 3.15. The van der Waals surface area contributed by atoms with Crippen LogP contribution in [0, 0.1) is 0 Å². The minimum atomic E-state index is -1.93. The molecule has 9 heteroatoms. The number of benzene rings is 2. The molecule has 2 aliphatic heterocycles. The average Bonchev–Trinajstić information content (AvgIpc) is 2.91. The molecule has 148 valence electrons. The maximum Gasteiger partial charge on any atom is 0.341 e. The Kier molecular flexibility index (Phi) is 3.06. The quantitative estimate of drug-likeness (QED) is 0.481. The van der Waals surface area contributed by atoms with Gasteiger partial charge >= 0.3 is 5.97 Å². The molecule has 3 aliphatic rings. The van der Waals surface area contributed by atoms with E-state index in [9.17, 15) is 34.8 Å². The molecule has 5 rings (SSSR count). The first-order valence-corrected chi connectivity index (χ1v) is 8.76. The lowest BCUT2D eigenvalue weighted by molar-refractivity contribution is -0.226. The van der Waals surface area contributed by atoms with Gasteiger partial charge in [0.25, 0.3) is 0 Å². The summed E-state index contributed by atoms with van der Waals surface area (Å²) in [6.45, 7) is 1.55. The van der Waals surface area contributed by atoms with Crippen LogP contribution in [0.25, 0.3) is 0 Å². The summed E-state index contributed by atoms with van der Waals surface area (Å²) < 4.78 is 11.4. The Labute approximate surface area is 162 Å². The first-order valence-electron chi connectivity index (χ1n) is 8.76. The van der Waals surface area contributed by atoms with Crippen molar-refractivity contribution >= 4 is 17.5 Å². The molecule has 2 heterocycles. The molecule has 29 heavy (non-hydrogen) atoms. The van der Waals surface area contributed by atoms with Gasteiger partial charge in [0, 0.05) is 30.5 Å². The van der Waals surface area contributed by atoms with Gasteiger partial charge in [-0.2, -0.15) is 0 Å². The molecule has 2 aromatic carbocycles. The standard InChI is InChI=1S/C20H14O9/c1-19-2-3-20(29-19,18(26)27)14-11(28-19)6-9-13(17(14)25)16(24)12-8(15(9)23)4-7(21)5-10(12)22/h4-6,21-22,25H,2-3H2,1H3,(H,26,27)/t19-,20+/m1/s1. The van der Waals surface area contributed by atoms with E-state index in [1.807, 2.05) is 0 Å². The summed E-state index contributed by atoms with van der Waals surface area (Å²) >= 11 is 0. The molecule has 0 spiro atoms. The van der Waals surface area contributed by atoms with Gasteiger partial charge in [0.2, 0.25) is 17.2 Å². The second-order valence-corrected chi connectivity index (χ2v) is 7.54. The van der Waals surface area contributed by atoms with Crippen molar-refractivity contribution in [1.82, 2.24) is 0 Å². The number of aromatic hydroxyl groups is 3. The number of hydrogen-bond acceptors (Lipinski definition) is 8. The van der Waals surface area contributed by atoms with Crippen LogP contribution in [0.15, 0.2) is 18.2 Å². The van der Waals surface area contributed by atoms with Crippen LogP contribution in [-0.2, 0) is 15.1 Å². The van der Waals surface area contributed by atoms with Crippen molar-refractivity contribution in [1.29, 1.82) is 0 Å². The molecule has 1 fully saturated rings. The summed E-state index contributed by atoms with van der Waals surface area (Å²) in [4.78, 5) is 38.1. The Morgan fingerprint density at radius 2 is 1.69 bits per heavy atom. The SMILES string of the molecule is C[C@]12CC[C@](C(=O)O)(O1)c1c(cc3c(c1O)C(=O)c1c(O)cc(O)cc1C3=O)O2. The van der Waals surface area contributed by atoms with E-state index in [0.29, 0.717) is 0 Å². The minimum absolute atomic E-state index is 0.00394. The van der Waals surface area contributed by atoms with E-state index in [0.717, 1.165) is 12.1 Å². The van der Waals surface area contributed by atoms with Gasteiger partial charge in [-0.1, -0.05) is 0 Å². The van der Waals surface area contributed by atoms with Crippen LogP contribution < -0.4 is 4.74 Å². The molecule has 0 saturated carbocycles. The van der Waals surface area contributed by atoms with E-state index in [2.05, 4.69) is 0 Å². The predicted molar refractivity (Wildman–Crippen MR) is 93.4 cm³/mol. The summed E-state index contributed by atoms with van der Waals surface area (Å²) in [7, 11) is 0. The Hall–Kier alpha value is -3.59. The second-order valence-electron chi connectivity index (χ2n) is 7.54. The number of rotatable bonds is 1. The number of carbonyl (C=O) groups is 3. The topological polar surface area (TPSA) is 151 Å². The highest BCUT2D eigenvalue weighted by Crippen LogP contribution is 2.57.